The van der Waals surface area contributed by atoms with Gasteiger partial charge in [0.15, 0.2) is 11.8 Å². The SMILES string of the molecule is CCOC(=O)C(NC(C)=O)C(=O)c1cn(C(C)=O)c2ccccc12. The van der Waals surface area contributed by atoms with Crippen LogP contribution in [0.15, 0.2) is 30.5 Å². The number of hydrogen-bond acceptors (Lipinski definition) is 5. The van der Waals surface area contributed by atoms with Crippen molar-refractivity contribution in [2.24, 2.45) is 0 Å². The van der Waals surface area contributed by atoms with E-state index in [0.717, 1.165) is 0 Å². The number of rotatable bonds is 5. The van der Waals surface area contributed by atoms with E-state index >= 15 is 0 Å². The molecule has 0 fully saturated rings. The molecule has 1 aromatic carbocycles. The third kappa shape index (κ3) is 3.34. The van der Waals surface area contributed by atoms with Crippen molar-refractivity contribution >= 4 is 34.5 Å². The summed E-state index contributed by atoms with van der Waals surface area (Å²) in [6.45, 7) is 4.27. The number of Topliss-reactive ketones (excluding diaryl/α,β-unsaturated/α-hetero) is 1. The molecule has 0 saturated heterocycles. The van der Waals surface area contributed by atoms with Crippen LogP contribution < -0.4 is 5.32 Å². The number of ketones is 1. The molecule has 1 unspecified atom stereocenters. The molecule has 2 aromatic rings. The fraction of sp³-hybridized carbons (Fsp3) is 0.294. The van der Waals surface area contributed by atoms with E-state index in [2.05, 4.69) is 5.32 Å². The smallest absolute Gasteiger partial charge is 0.336 e. The lowest BCUT2D eigenvalue weighted by atomic mass is 10.0. The van der Waals surface area contributed by atoms with Crippen molar-refractivity contribution < 1.29 is 23.9 Å². The largest absolute Gasteiger partial charge is 0.464 e. The van der Waals surface area contributed by atoms with Crippen LogP contribution in [0.2, 0.25) is 0 Å². The van der Waals surface area contributed by atoms with Gasteiger partial charge in [-0.15, -0.1) is 0 Å². The summed E-state index contributed by atoms with van der Waals surface area (Å²) in [5.41, 5.74) is 0.728. The standard InChI is InChI=1S/C17H18N2O5/c1-4-24-17(23)15(18-10(2)20)16(22)13-9-19(11(3)21)14-8-6-5-7-12(13)14/h5-9,15H,4H2,1-3H3,(H,18,20). The van der Waals surface area contributed by atoms with Crippen LogP contribution in [0.1, 0.15) is 35.9 Å². The Bertz CT molecular complexity index is 821. The second-order valence-corrected chi connectivity index (χ2v) is 5.20. The lowest BCUT2D eigenvalue weighted by Gasteiger charge is -2.14. The zero-order chi connectivity index (χ0) is 17.9. The minimum absolute atomic E-state index is 0.0808. The number of aromatic nitrogens is 1. The second-order valence-electron chi connectivity index (χ2n) is 5.20. The molecule has 0 aliphatic carbocycles. The molecule has 1 aromatic heterocycles. The number of fused-ring (bicyclic) bond motifs is 1. The molecule has 7 nitrogen and oxygen atoms in total. The molecular formula is C17H18N2O5. The van der Waals surface area contributed by atoms with Crippen molar-refractivity contribution in [3.63, 3.8) is 0 Å². The molecular weight excluding hydrogens is 312 g/mol. The van der Waals surface area contributed by atoms with Gasteiger partial charge in [-0.1, -0.05) is 18.2 Å². The third-order valence-corrected chi connectivity index (χ3v) is 3.45. The van der Waals surface area contributed by atoms with Crippen LogP contribution in [0.3, 0.4) is 0 Å². The number of hydrogen-bond donors (Lipinski definition) is 1. The number of carbonyl (C=O) groups excluding carboxylic acids is 4. The van der Waals surface area contributed by atoms with E-state index in [1.807, 2.05) is 0 Å². The van der Waals surface area contributed by atoms with E-state index in [1.54, 1.807) is 31.2 Å². The van der Waals surface area contributed by atoms with Crippen LogP contribution in [0.25, 0.3) is 10.9 Å². The van der Waals surface area contributed by atoms with Crippen LogP contribution >= 0.6 is 0 Å². The lowest BCUT2D eigenvalue weighted by molar-refractivity contribution is -0.145. The Morgan fingerprint density at radius 1 is 1.17 bits per heavy atom. The molecule has 0 spiro atoms. The van der Waals surface area contributed by atoms with Crippen molar-refractivity contribution in [2.75, 3.05) is 6.61 Å². The molecule has 0 aliphatic rings. The highest BCUT2D eigenvalue weighted by atomic mass is 16.5. The van der Waals surface area contributed by atoms with E-state index in [0.29, 0.717) is 10.9 Å². The number of ether oxygens (including phenoxy) is 1. The van der Waals surface area contributed by atoms with Crippen LogP contribution in [-0.2, 0) is 14.3 Å². The average Bonchev–Trinajstić information content (AvgIpc) is 2.92. The van der Waals surface area contributed by atoms with Crippen LogP contribution in [-0.4, -0.2) is 40.8 Å². The van der Waals surface area contributed by atoms with Gasteiger partial charge in [0, 0.05) is 31.0 Å². The molecule has 0 radical (unpaired) electrons. The molecule has 0 saturated carbocycles. The molecule has 1 heterocycles. The molecule has 126 valence electrons. The molecule has 1 atom stereocenters. The van der Waals surface area contributed by atoms with Crippen molar-refractivity contribution in [2.45, 2.75) is 26.8 Å². The summed E-state index contributed by atoms with van der Waals surface area (Å²) in [4.78, 5) is 48.0. The summed E-state index contributed by atoms with van der Waals surface area (Å²) < 4.78 is 6.20. The zero-order valence-electron chi connectivity index (χ0n) is 13.7. The molecule has 2 rings (SSSR count). The first-order valence-corrected chi connectivity index (χ1v) is 7.45. The van der Waals surface area contributed by atoms with Gasteiger partial charge >= 0.3 is 5.97 Å². The quantitative estimate of drug-likeness (QED) is 0.510. The Balaban J connectivity index is 2.53. The van der Waals surface area contributed by atoms with Crippen molar-refractivity contribution in [1.29, 1.82) is 0 Å². The van der Waals surface area contributed by atoms with Crippen LogP contribution in [0.5, 0.6) is 0 Å². The number of nitrogens with zero attached hydrogens (tertiary/aromatic N) is 1. The fourth-order valence-electron chi connectivity index (χ4n) is 2.45. The van der Waals surface area contributed by atoms with Crippen molar-refractivity contribution in [1.82, 2.24) is 9.88 Å². The molecule has 7 heteroatoms. The molecule has 1 amide bonds. The fourth-order valence-corrected chi connectivity index (χ4v) is 2.45. The minimum atomic E-state index is -1.45. The summed E-state index contributed by atoms with van der Waals surface area (Å²) in [6, 6.07) is 5.39. The minimum Gasteiger partial charge on any atom is -0.464 e. The number of benzene rings is 1. The Labute approximate surface area is 138 Å². The van der Waals surface area contributed by atoms with E-state index in [-0.39, 0.29) is 18.1 Å². The summed E-state index contributed by atoms with van der Waals surface area (Å²) >= 11 is 0. The predicted octanol–water partition coefficient (Wildman–Crippen LogP) is 1.55. The van der Waals surface area contributed by atoms with Gasteiger partial charge in [-0.2, -0.15) is 0 Å². The zero-order valence-corrected chi connectivity index (χ0v) is 13.7. The Morgan fingerprint density at radius 2 is 1.83 bits per heavy atom. The van der Waals surface area contributed by atoms with E-state index in [1.165, 1.54) is 24.6 Å². The average molecular weight is 330 g/mol. The maximum Gasteiger partial charge on any atom is 0.336 e. The number of esters is 1. The van der Waals surface area contributed by atoms with E-state index in [9.17, 15) is 19.2 Å². The van der Waals surface area contributed by atoms with Crippen molar-refractivity contribution in [3.8, 4) is 0 Å². The summed E-state index contributed by atoms with van der Waals surface area (Å²) in [7, 11) is 0. The number of nitrogens with one attached hydrogen (secondary N) is 1. The third-order valence-electron chi connectivity index (χ3n) is 3.45. The van der Waals surface area contributed by atoms with E-state index < -0.39 is 23.7 Å². The summed E-state index contributed by atoms with van der Waals surface area (Å²) in [6.07, 6.45) is 1.38. The van der Waals surface area contributed by atoms with Gasteiger partial charge in [0.05, 0.1) is 12.1 Å². The normalized spacial score (nSPS) is 11.8. The Hall–Kier alpha value is -2.96. The lowest BCUT2D eigenvalue weighted by Crippen LogP contribution is -2.46. The maximum atomic E-state index is 12.8. The maximum absolute atomic E-state index is 12.8. The number of amides is 1. The van der Waals surface area contributed by atoms with Gasteiger partial charge < -0.3 is 10.1 Å². The molecule has 0 aliphatic heterocycles. The van der Waals surface area contributed by atoms with Gasteiger partial charge in [-0.05, 0) is 13.0 Å². The van der Waals surface area contributed by atoms with Crippen LogP contribution in [0.4, 0.5) is 0 Å². The highest BCUT2D eigenvalue weighted by molar-refractivity contribution is 6.19. The van der Waals surface area contributed by atoms with Gasteiger partial charge in [-0.3, -0.25) is 19.0 Å². The summed E-state index contributed by atoms with van der Waals surface area (Å²) in [5, 5.41) is 2.83. The van der Waals surface area contributed by atoms with Gasteiger partial charge in [0.1, 0.15) is 0 Å². The van der Waals surface area contributed by atoms with Crippen molar-refractivity contribution in [3.05, 3.63) is 36.0 Å². The predicted molar refractivity (Wildman–Crippen MR) is 86.8 cm³/mol. The van der Waals surface area contributed by atoms with E-state index in [4.69, 9.17) is 4.74 Å². The highest BCUT2D eigenvalue weighted by Crippen LogP contribution is 2.23. The number of carbonyl (C=O) groups is 4. The number of para-hydroxylation sites is 1. The van der Waals surface area contributed by atoms with Gasteiger partial charge in [-0.25, -0.2) is 4.79 Å². The summed E-state index contributed by atoms with van der Waals surface area (Å²) in [5.74, 6) is -2.26. The first-order chi connectivity index (χ1) is 11.4. The Morgan fingerprint density at radius 3 is 2.42 bits per heavy atom. The second kappa shape index (κ2) is 7.08. The molecule has 24 heavy (non-hydrogen) atoms. The topological polar surface area (TPSA) is 94.5 Å². The highest BCUT2D eigenvalue weighted by Gasteiger charge is 2.32. The molecule has 0 bridgehead atoms. The van der Waals surface area contributed by atoms with Gasteiger partial charge in [0.2, 0.25) is 11.8 Å². The Kier molecular flexibility index (Phi) is 5.13. The van der Waals surface area contributed by atoms with Gasteiger partial charge in [0.25, 0.3) is 0 Å². The first-order valence-electron chi connectivity index (χ1n) is 7.45. The molecule has 1 N–H and O–H groups in total. The first kappa shape index (κ1) is 17.4. The monoisotopic (exact) mass is 330 g/mol. The van der Waals surface area contributed by atoms with Crippen LogP contribution in [0, 0.1) is 0 Å².